The van der Waals surface area contributed by atoms with Crippen LogP contribution >= 0.6 is 12.2 Å². The summed E-state index contributed by atoms with van der Waals surface area (Å²) in [5.74, 6) is -1.66. The van der Waals surface area contributed by atoms with Gasteiger partial charge in [-0.2, -0.15) is 13.2 Å². The first-order valence-corrected chi connectivity index (χ1v) is 5.94. The zero-order chi connectivity index (χ0) is 14.5. The van der Waals surface area contributed by atoms with Gasteiger partial charge in [0.15, 0.2) is 0 Å². The maximum Gasteiger partial charge on any atom is 0.401 e. The van der Waals surface area contributed by atoms with E-state index in [1.807, 2.05) is 0 Å². The lowest BCUT2D eigenvalue weighted by Crippen LogP contribution is -2.38. The fourth-order valence-electron chi connectivity index (χ4n) is 1.40. The summed E-state index contributed by atoms with van der Waals surface area (Å²) in [7, 11) is 0. The van der Waals surface area contributed by atoms with Gasteiger partial charge in [-0.05, 0) is 24.1 Å². The Bertz CT molecular complexity index is 420. The van der Waals surface area contributed by atoms with Gasteiger partial charge in [0.25, 0.3) is 0 Å². The summed E-state index contributed by atoms with van der Waals surface area (Å²) < 4.78 is 42.7. The number of ether oxygens (including phenoxy) is 1. The highest BCUT2D eigenvalue weighted by Crippen LogP contribution is 2.27. The van der Waals surface area contributed by atoms with Gasteiger partial charge in [-0.1, -0.05) is 24.4 Å². The highest BCUT2D eigenvalue weighted by Gasteiger charge is 2.42. The third-order valence-corrected chi connectivity index (χ3v) is 2.76. The maximum atomic E-state index is 12.6. The van der Waals surface area contributed by atoms with Gasteiger partial charge in [-0.25, -0.2) is 0 Å². The molecule has 0 aliphatic rings. The molecule has 0 aliphatic carbocycles. The highest BCUT2D eigenvalue weighted by atomic mass is 32.1. The minimum Gasteiger partial charge on any atom is -0.493 e. The first-order valence-electron chi connectivity index (χ1n) is 5.53. The van der Waals surface area contributed by atoms with Crippen LogP contribution in [0.1, 0.15) is 5.56 Å². The Morgan fingerprint density at radius 1 is 1.32 bits per heavy atom. The Morgan fingerprint density at radius 2 is 1.89 bits per heavy atom. The number of thiocarbonyl (C=S) groups is 1. The quantitative estimate of drug-likeness (QED) is 0.788. The van der Waals surface area contributed by atoms with Gasteiger partial charge in [0, 0.05) is 6.61 Å². The summed E-state index contributed by atoms with van der Waals surface area (Å²) in [6.07, 6.45) is -4.03. The predicted octanol–water partition coefficient (Wildman–Crippen LogP) is 2.06. The van der Waals surface area contributed by atoms with Crippen LogP contribution in [-0.2, 0) is 6.42 Å². The second kappa shape index (κ2) is 6.72. The van der Waals surface area contributed by atoms with Crippen molar-refractivity contribution in [1.29, 1.82) is 0 Å². The lowest BCUT2D eigenvalue weighted by molar-refractivity contribution is -0.161. The largest absolute Gasteiger partial charge is 0.493 e. The van der Waals surface area contributed by atoms with E-state index in [2.05, 4.69) is 12.2 Å². The third-order valence-electron chi connectivity index (χ3n) is 2.48. The van der Waals surface area contributed by atoms with Crippen LogP contribution in [0.2, 0.25) is 0 Å². The Morgan fingerprint density at radius 3 is 2.32 bits per heavy atom. The van der Waals surface area contributed by atoms with Crippen LogP contribution in [0, 0.1) is 5.92 Å². The van der Waals surface area contributed by atoms with Crippen molar-refractivity contribution in [2.24, 2.45) is 11.7 Å². The number of halogens is 3. The molecule has 0 radical (unpaired) electrons. The van der Waals surface area contributed by atoms with E-state index in [9.17, 15) is 13.2 Å². The second-order valence-electron chi connectivity index (χ2n) is 3.93. The molecular weight excluding hydrogens is 279 g/mol. The number of alkyl halides is 3. The molecule has 0 spiro atoms. The molecule has 106 valence electrons. The molecule has 0 aliphatic heterocycles. The SMILES string of the molecule is NC(=S)C(COc1ccc(CCO)cc1)C(F)(F)F. The van der Waals surface area contributed by atoms with Gasteiger partial charge in [0.2, 0.25) is 0 Å². The van der Waals surface area contributed by atoms with Crippen molar-refractivity contribution in [2.75, 3.05) is 13.2 Å². The Hall–Kier alpha value is -1.34. The molecule has 0 heterocycles. The normalized spacial score (nSPS) is 13.1. The zero-order valence-electron chi connectivity index (χ0n) is 9.98. The van der Waals surface area contributed by atoms with Crippen LogP contribution < -0.4 is 10.5 Å². The molecule has 1 atom stereocenters. The fourth-order valence-corrected chi connectivity index (χ4v) is 1.60. The van der Waals surface area contributed by atoms with E-state index in [-0.39, 0.29) is 6.61 Å². The van der Waals surface area contributed by atoms with Crippen LogP contribution in [0.4, 0.5) is 13.2 Å². The Kier molecular flexibility index (Phi) is 5.56. The minimum absolute atomic E-state index is 0.0117. The van der Waals surface area contributed by atoms with E-state index in [0.29, 0.717) is 12.2 Å². The molecule has 19 heavy (non-hydrogen) atoms. The third kappa shape index (κ3) is 5.04. The van der Waals surface area contributed by atoms with E-state index in [0.717, 1.165) is 5.56 Å². The Balaban J connectivity index is 2.62. The van der Waals surface area contributed by atoms with E-state index in [1.165, 1.54) is 12.1 Å². The van der Waals surface area contributed by atoms with Crippen molar-refractivity contribution in [3.63, 3.8) is 0 Å². The van der Waals surface area contributed by atoms with E-state index in [4.69, 9.17) is 15.6 Å². The molecule has 1 rings (SSSR count). The second-order valence-corrected chi connectivity index (χ2v) is 4.40. The number of hydrogen-bond acceptors (Lipinski definition) is 3. The van der Waals surface area contributed by atoms with Gasteiger partial charge < -0.3 is 15.6 Å². The number of benzene rings is 1. The van der Waals surface area contributed by atoms with Crippen molar-refractivity contribution in [3.05, 3.63) is 29.8 Å². The molecule has 0 aromatic heterocycles. The average Bonchev–Trinajstić information content (AvgIpc) is 2.29. The van der Waals surface area contributed by atoms with Crippen LogP contribution in [0.5, 0.6) is 5.75 Å². The lowest BCUT2D eigenvalue weighted by Gasteiger charge is -2.19. The first-order chi connectivity index (χ1) is 8.84. The molecule has 1 unspecified atom stereocenters. The smallest absolute Gasteiger partial charge is 0.401 e. The summed E-state index contributed by atoms with van der Waals surface area (Å²) in [5.41, 5.74) is 5.93. The van der Waals surface area contributed by atoms with Crippen molar-refractivity contribution in [1.82, 2.24) is 0 Å². The summed E-state index contributed by atoms with van der Waals surface area (Å²) in [4.78, 5) is -0.635. The number of aliphatic hydroxyl groups excluding tert-OH is 1. The highest BCUT2D eigenvalue weighted by molar-refractivity contribution is 7.80. The molecule has 0 saturated heterocycles. The molecule has 1 aromatic carbocycles. The molecule has 0 fully saturated rings. The van der Waals surface area contributed by atoms with Gasteiger partial charge >= 0.3 is 6.18 Å². The standard InChI is InChI=1S/C12H14F3NO2S/c13-12(14,15)10(11(16)19)7-18-9-3-1-8(2-4-9)5-6-17/h1-4,10,17H,5-7H2,(H2,16,19). The van der Waals surface area contributed by atoms with E-state index in [1.54, 1.807) is 12.1 Å². The summed E-state index contributed by atoms with van der Waals surface area (Å²) >= 11 is 4.39. The molecule has 0 saturated carbocycles. The number of rotatable bonds is 6. The molecule has 0 amide bonds. The number of hydrogen-bond donors (Lipinski definition) is 2. The summed E-state index contributed by atoms with van der Waals surface area (Å²) in [5, 5.41) is 8.73. The molecular formula is C12H14F3NO2S. The molecule has 7 heteroatoms. The van der Waals surface area contributed by atoms with Gasteiger partial charge in [0.1, 0.15) is 18.3 Å². The molecule has 3 nitrogen and oxygen atoms in total. The molecule has 0 bridgehead atoms. The molecule has 3 N–H and O–H groups in total. The average molecular weight is 293 g/mol. The minimum atomic E-state index is -4.51. The monoisotopic (exact) mass is 293 g/mol. The molecule has 1 aromatic rings. The Labute approximate surface area is 114 Å². The predicted molar refractivity (Wildman–Crippen MR) is 69.1 cm³/mol. The summed E-state index contributed by atoms with van der Waals surface area (Å²) in [6, 6.07) is 6.43. The van der Waals surface area contributed by atoms with E-state index < -0.39 is 23.7 Å². The van der Waals surface area contributed by atoms with Gasteiger partial charge in [0.05, 0.1) is 4.99 Å². The van der Waals surface area contributed by atoms with Crippen LogP contribution in [-0.4, -0.2) is 29.5 Å². The van der Waals surface area contributed by atoms with Crippen LogP contribution in [0.15, 0.2) is 24.3 Å². The van der Waals surface area contributed by atoms with Crippen LogP contribution in [0.3, 0.4) is 0 Å². The zero-order valence-corrected chi connectivity index (χ0v) is 10.8. The number of nitrogens with two attached hydrogens (primary N) is 1. The lowest BCUT2D eigenvalue weighted by atomic mass is 10.1. The maximum absolute atomic E-state index is 12.6. The van der Waals surface area contributed by atoms with Crippen molar-refractivity contribution in [2.45, 2.75) is 12.6 Å². The van der Waals surface area contributed by atoms with Crippen molar-refractivity contribution >= 4 is 17.2 Å². The number of aliphatic hydroxyl groups is 1. The fraction of sp³-hybridized carbons (Fsp3) is 0.417. The topological polar surface area (TPSA) is 55.5 Å². The van der Waals surface area contributed by atoms with Crippen molar-refractivity contribution < 1.29 is 23.0 Å². The van der Waals surface area contributed by atoms with E-state index >= 15 is 0 Å². The summed E-state index contributed by atoms with van der Waals surface area (Å²) in [6.45, 7) is -0.629. The van der Waals surface area contributed by atoms with Crippen molar-refractivity contribution in [3.8, 4) is 5.75 Å². The first kappa shape index (κ1) is 15.7. The van der Waals surface area contributed by atoms with Gasteiger partial charge in [-0.15, -0.1) is 0 Å². The van der Waals surface area contributed by atoms with Gasteiger partial charge in [-0.3, -0.25) is 0 Å². The van der Waals surface area contributed by atoms with Crippen LogP contribution in [0.25, 0.3) is 0 Å².